The third-order valence-electron chi connectivity index (χ3n) is 2.93. The summed E-state index contributed by atoms with van der Waals surface area (Å²) in [5.41, 5.74) is 9.18. The number of halogens is 1. The first-order chi connectivity index (χ1) is 9.13. The van der Waals surface area contributed by atoms with Crippen LogP contribution in [0.25, 0.3) is 0 Å². The van der Waals surface area contributed by atoms with Crippen molar-refractivity contribution in [3.05, 3.63) is 46.0 Å². The fraction of sp³-hybridized carbons (Fsp3) is 0.385. The highest BCUT2D eigenvalue weighted by Crippen LogP contribution is 2.26. The molecule has 0 spiro atoms. The first-order valence-corrected chi connectivity index (χ1v) is 6.81. The van der Waals surface area contributed by atoms with Crippen molar-refractivity contribution in [2.45, 2.75) is 19.5 Å². The highest BCUT2D eigenvalue weighted by Gasteiger charge is 2.18. The average Bonchev–Trinajstić information content (AvgIpc) is 2.77. The van der Waals surface area contributed by atoms with Gasteiger partial charge in [0.1, 0.15) is 0 Å². The normalized spacial score (nSPS) is 12.6. The van der Waals surface area contributed by atoms with E-state index < -0.39 is 0 Å². The molecule has 2 heterocycles. The molecule has 1 atom stereocenters. The lowest BCUT2D eigenvalue weighted by molar-refractivity contribution is 0.182. The molecule has 2 aromatic rings. The maximum Gasteiger partial charge on any atom is 0.0749 e. The molecule has 0 aliphatic rings. The monoisotopic (exact) mass is 324 g/mol. The number of hydrogen-bond donors (Lipinski definition) is 1. The number of ether oxygens (including phenoxy) is 1. The zero-order chi connectivity index (χ0) is 13.8. The van der Waals surface area contributed by atoms with Gasteiger partial charge in [0.05, 0.1) is 35.6 Å². The number of pyridine rings is 1. The Bertz CT molecular complexity index is 538. The first-order valence-electron chi connectivity index (χ1n) is 6.01. The van der Waals surface area contributed by atoms with Gasteiger partial charge in [-0.25, -0.2) is 0 Å². The Morgan fingerprint density at radius 1 is 1.42 bits per heavy atom. The SMILES string of the molecule is COCCn1ncc(Br)c1C(N)c1ccc(C)nc1. The van der Waals surface area contributed by atoms with Crippen LogP contribution >= 0.6 is 15.9 Å². The molecule has 2 N–H and O–H groups in total. The zero-order valence-electron chi connectivity index (χ0n) is 11.0. The number of aromatic nitrogens is 3. The molecular formula is C13H17BrN4O. The van der Waals surface area contributed by atoms with E-state index in [2.05, 4.69) is 26.0 Å². The molecule has 0 fully saturated rings. The van der Waals surface area contributed by atoms with Crippen LogP contribution in [0.3, 0.4) is 0 Å². The second kappa shape index (κ2) is 6.27. The Labute approximate surface area is 120 Å². The average molecular weight is 325 g/mol. The van der Waals surface area contributed by atoms with Gasteiger partial charge in [-0.2, -0.15) is 5.10 Å². The molecule has 0 radical (unpaired) electrons. The van der Waals surface area contributed by atoms with E-state index in [1.807, 2.05) is 23.7 Å². The van der Waals surface area contributed by atoms with E-state index >= 15 is 0 Å². The molecule has 5 nitrogen and oxygen atoms in total. The van der Waals surface area contributed by atoms with Crippen LogP contribution in [0, 0.1) is 6.92 Å². The van der Waals surface area contributed by atoms with Crippen molar-refractivity contribution < 1.29 is 4.74 Å². The Balaban J connectivity index is 2.29. The molecule has 102 valence electrons. The largest absolute Gasteiger partial charge is 0.383 e. The van der Waals surface area contributed by atoms with Gasteiger partial charge in [-0.3, -0.25) is 9.67 Å². The van der Waals surface area contributed by atoms with E-state index in [1.54, 1.807) is 19.5 Å². The molecule has 0 aliphatic heterocycles. The molecule has 0 bridgehead atoms. The van der Waals surface area contributed by atoms with Gasteiger partial charge in [-0.05, 0) is 34.5 Å². The minimum atomic E-state index is -0.262. The van der Waals surface area contributed by atoms with E-state index in [0.29, 0.717) is 13.2 Å². The minimum absolute atomic E-state index is 0.262. The van der Waals surface area contributed by atoms with Crippen molar-refractivity contribution >= 4 is 15.9 Å². The molecular weight excluding hydrogens is 308 g/mol. The van der Waals surface area contributed by atoms with Gasteiger partial charge >= 0.3 is 0 Å². The van der Waals surface area contributed by atoms with Crippen molar-refractivity contribution in [3.8, 4) is 0 Å². The lowest BCUT2D eigenvalue weighted by Crippen LogP contribution is -2.19. The number of rotatable bonds is 5. The van der Waals surface area contributed by atoms with Gasteiger partial charge in [0.2, 0.25) is 0 Å². The molecule has 0 amide bonds. The third kappa shape index (κ3) is 3.20. The van der Waals surface area contributed by atoms with Gasteiger partial charge in [0.25, 0.3) is 0 Å². The highest BCUT2D eigenvalue weighted by molar-refractivity contribution is 9.10. The summed E-state index contributed by atoms with van der Waals surface area (Å²) in [7, 11) is 1.67. The van der Waals surface area contributed by atoms with E-state index in [4.69, 9.17) is 10.5 Å². The number of methoxy groups -OCH3 is 1. The molecule has 0 aromatic carbocycles. The fourth-order valence-electron chi connectivity index (χ4n) is 1.86. The van der Waals surface area contributed by atoms with Crippen molar-refractivity contribution in [2.75, 3.05) is 13.7 Å². The summed E-state index contributed by atoms with van der Waals surface area (Å²) >= 11 is 3.50. The van der Waals surface area contributed by atoms with Gasteiger partial charge < -0.3 is 10.5 Å². The molecule has 0 saturated heterocycles. The van der Waals surface area contributed by atoms with Crippen molar-refractivity contribution in [1.29, 1.82) is 0 Å². The third-order valence-corrected chi connectivity index (χ3v) is 3.54. The van der Waals surface area contributed by atoms with Crippen molar-refractivity contribution in [3.63, 3.8) is 0 Å². The quantitative estimate of drug-likeness (QED) is 0.914. The van der Waals surface area contributed by atoms with Crippen LogP contribution in [0.5, 0.6) is 0 Å². The predicted octanol–water partition coefficient (Wildman–Crippen LogP) is 2.04. The molecule has 0 aliphatic carbocycles. The lowest BCUT2D eigenvalue weighted by atomic mass is 10.1. The van der Waals surface area contributed by atoms with Gasteiger partial charge in [0, 0.05) is 19.0 Å². The molecule has 1 unspecified atom stereocenters. The topological polar surface area (TPSA) is 66.0 Å². The van der Waals surface area contributed by atoms with E-state index in [0.717, 1.165) is 21.4 Å². The molecule has 19 heavy (non-hydrogen) atoms. The molecule has 0 saturated carbocycles. The van der Waals surface area contributed by atoms with Crippen LogP contribution in [0.15, 0.2) is 29.0 Å². The Kier molecular flexibility index (Phi) is 4.68. The first kappa shape index (κ1) is 14.2. The molecule has 2 aromatic heterocycles. The summed E-state index contributed by atoms with van der Waals surface area (Å²) in [6.07, 6.45) is 3.56. The summed E-state index contributed by atoms with van der Waals surface area (Å²) in [5.74, 6) is 0. The van der Waals surface area contributed by atoms with Crippen molar-refractivity contribution in [1.82, 2.24) is 14.8 Å². The summed E-state index contributed by atoms with van der Waals surface area (Å²) in [4.78, 5) is 4.28. The Hall–Kier alpha value is -1.24. The van der Waals surface area contributed by atoms with Crippen LogP contribution in [-0.4, -0.2) is 28.5 Å². The second-order valence-electron chi connectivity index (χ2n) is 4.30. The maximum atomic E-state index is 6.31. The van der Waals surface area contributed by atoms with Gasteiger partial charge in [-0.1, -0.05) is 6.07 Å². The highest BCUT2D eigenvalue weighted by atomic mass is 79.9. The molecule has 2 rings (SSSR count). The lowest BCUT2D eigenvalue weighted by Gasteiger charge is -2.15. The van der Waals surface area contributed by atoms with Crippen molar-refractivity contribution in [2.24, 2.45) is 5.73 Å². The van der Waals surface area contributed by atoms with Gasteiger partial charge in [0.15, 0.2) is 0 Å². The Morgan fingerprint density at radius 2 is 2.21 bits per heavy atom. The molecule has 6 heteroatoms. The maximum absolute atomic E-state index is 6.31. The van der Waals surface area contributed by atoms with Crippen LogP contribution in [0.2, 0.25) is 0 Å². The van der Waals surface area contributed by atoms with Crippen LogP contribution < -0.4 is 5.73 Å². The van der Waals surface area contributed by atoms with Crippen LogP contribution in [0.4, 0.5) is 0 Å². The van der Waals surface area contributed by atoms with Crippen LogP contribution in [0.1, 0.15) is 23.0 Å². The second-order valence-corrected chi connectivity index (χ2v) is 5.16. The van der Waals surface area contributed by atoms with E-state index in [1.165, 1.54) is 0 Å². The smallest absolute Gasteiger partial charge is 0.0749 e. The predicted molar refractivity (Wildman–Crippen MR) is 76.8 cm³/mol. The van der Waals surface area contributed by atoms with E-state index in [9.17, 15) is 0 Å². The Morgan fingerprint density at radius 3 is 2.84 bits per heavy atom. The zero-order valence-corrected chi connectivity index (χ0v) is 12.6. The summed E-state index contributed by atoms with van der Waals surface area (Å²) in [5, 5.41) is 4.31. The van der Waals surface area contributed by atoms with E-state index in [-0.39, 0.29) is 6.04 Å². The number of nitrogens with zero attached hydrogens (tertiary/aromatic N) is 3. The fourth-order valence-corrected chi connectivity index (χ4v) is 2.40. The standard InChI is InChI=1S/C13H17BrN4O/c1-9-3-4-10(7-16-9)12(15)13-11(14)8-17-18(13)5-6-19-2/h3-4,7-8,12H,5-6,15H2,1-2H3. The van der Waals surface area contributed by atoms with Crippen LogP contribution in [-0.2, 0) is 11.3 Å². The summed E-state index contributed by atoms with van der Waals surface area (Å²) < 4.78 is 7.84. The summed E-state index contributed by atoms with van der Waals surface area (Å²) in [6.45, 7) is 3.22. The summed E-state index contributed by atoms with van der Waals surface area (Å²) in [6, 6.07) is 3.69. The number of hydrogen-bond acceptors (Lipinski definition) is 4. The minimum Gasteiger partial charge on any atom is -0.383 e. The number of nitrogens with two attached hydrogens (primary N) is 1. The number of aryl methyl sites for hydroxylation is 1. The van der Waals surface area contributed by atoms with Gasteiger partial charge in [-0.15, -0.1) is 0 Å².